The first-order valence-corrected chi connectivity index (χ1v) is 6.49. The van der Waals surface area contributed by atoms with Crippen molar-refractivity contribution in [2.75, 3.05) is 16.0 Å². The molecule has 106 valence electrons. The highest BCUT2D eigenvalue weighted by atomic mass is 19.1. The number of carbonyl (C=O) groups excluding carboxylic acids is 1. The van der Waals surface area contributed by atoms with Crippen LogP contribution in [0.4, 0.5) is 21.5 Å². The van der Waals surface area contributed by atoms with Crippen LogP contribution in [-0.2, 0) is 0 Å². The van der Waals surface area contributed by atoms with Gasteiger partial charge in [0.1, 0.15) is 12.2 Å². The fourth-order valence-electron chi connectivity index (χ4n) is 2.40. The van der Waals surface area contributed by atoms with Crippen LogP contribution >= 0.6 is 0 Å². The van der Waals surface area contributed by atoms with Crippen LogP contribution in [0.3, 0.4) is 0 Å². The first kappa shape index (κ1) is 13.2. The van der Waals surface area contributed by atoms with Crippen LogP contribution in [0.5, 0.6) is 0 Å². The third-order valence-electron chi connectivity index (χ3n) is 3.44. The molecule has 4 nitrogen and oxygen atoms in total. The van der Waals surface area contributed by atoms with E-state index in [2.05, 4.69) is 5.32 Å². The summed E-state index contributed by atoms with van der Waals surface area (Å²) in [6.45, 7) is 1.87. The van der Waals surface area contributed by atoms with E-state index in [4.69, 9.17) is 5.73 Å². The van der Waals surface area contributed by atoms with Crippen LogP contribution in [0, 0.1) is 6.92 Å². The number of benzene rings is 2. The summed E-state index contributed by atoms with van der Waals surface area (Å²) in [5.41, 5.74) is 8.70. The van der Waals surface area contributed by atoms with Crippen LogP contribution in [0.15, 0.2) is 54.6 Å². The highest BCUT2D eigenvalue weighted by Crippen LogP contribution is 2.33. The van der Waals surface area contributed by atoms with Crippen molar-refractivity contribution in [2.24, 2.45) is 0 Å². The van der Waals surface area contributed by atoms with E-state index in [-0.39, 0.29) is 11.7 Å². The number of para-hydroxylation sites is 1. The number of rotatable bonds is 1. The molecule has 3 rings (SSSR count). The summed E-state index contributed by atoms with van der Waals surface area (Å²) >= 11 is 0. The van der Waals surface area contributed by atoms with Crippen molar-refractivity contribution in [3.63, 3.8) is 0 Å². The van der Waals surface area contributed by atoms with E-state index in [1.807, 2.05) is 19.1 Å². The van der Waals surface area contributed by atoms with Crippen LogP contribution < -0.4 is 16.0 Å². The number of amides is 1. The number of nitrogens with two attached hydrogens (primary N) is 1. The molecule has 1 amide bonds. The summed E-state index contributed by atoms with van der Waals surface area (Å²) in [6.07, 6.45) is 0.392. The molecule has 0 radical (unpaired) electrons. The molecule has 21 heavy (non-hydrogen) atoms. The Morgan fingerprint density at radius 3 is 2.71 bits per heavy atom. The molecule has 0 atom stereocenters. The number of carbonyl (C=O) groups is 1. The molecule has 2 aromatic carbocycles. The molecule has 0 saturated carbocycles. The molecule has 0 spiro atoms. The summed E-state index contributed by atoms with van der Waals surface area (Å²) < 4.78 is 13.2. The van der Waals surface area contributed by atoms with Gasteiger partial charge in [-0.1, -0.05) is 18.2 Å². The van der Waals surface area contributed by atoms with Crippen LogP contribution in [0.25, 0.3) is 0 Å². The normalized spacial score (nSPS) is 15.8. The van der Waals surface area contributed by atoms with Crippen LogP contribution in [0.1, 0.15) is 15.9 Å². The summed E-state index contributed by atoms with van der Waals surface area (Å²) in [5, 5.41) is 2.92. The van der Waals surface area contributed by atoms with Crippen molar-refractivity contribution in [2.45, 2.75) is 6.92 Å². The number of fused-ring (bicyclic) bond motifs is 1. The summed E-state index contributed by atoms with van der Waals surface area (Å²) in [5.74, 6) is -0.221. The number of hydrogen-bond acceptors (Lipinski definition) is 3. The van der Waals surface area contributed by atoms with Gasteiger partial charge < -0.3 is 11.1 Å². The van der Waals surface area contributed by atoms with E-state index < -0.39 is 0 Å². The fraction of sp³-hybridized carbons (Fsp3) is 0.0625. The smallest absolute Gasteiger partial charge is 0.266 e. The second-order valence-electron chi connectivity index (χ2n) is 4.85. The number of nitrogens with zero attached hydrogens (tertiary/aromatic N) is 1. The van der Waals surface area contributed by atoms with Crippen molar-refractivity contribution in [1.82, 2.24) is 0 Å². The lowest BCUT2D eigenvalue weighted by molar-refractivity contribution is 0.0992. The Kier molecular flexibility index (Phi) is 3.10. The number of hydrogen-bond donors (Lipinski definition) is 2. The van der Waals surface area contributed by atoms with Gasteiger partial charge in [-0.3, -0.25) is 9.69 Å². The topological polar surface area (TPSA) is 58.4 Å². The Labute approximate surface area is 121 Å². The quantitative estimate of drug-likeness (QED) is 0.788. The van der Waals surface area contributed by atoms with Gasteiger partial charge in [0.15, 0.2) is 0 Å². The molecule has 2 aromatic rings. The fourth-order valence-corrected chi connectivity index (χ4v) is 2.40. The monoisotopic (exact) mass is 283 g/mol. The molecule has 0 bridgehead atoms. The predicted molar refractivity (Wildman–Crippen MR) is 81.7 cm³/mol. The summed E-state index contributed by atoms with van der Waals surface area (Å²) in [4.78, 5) is 14.0. The summed E-state index contributed by atoms with van der Waals surface area (Å²) in [6, 6.07) is 12.2. The standard InChI is InChI=1S/C16H14FN3O/c1-10-4-2-3-5-14(10)20-15(9-17)19-13-7-6-11(18)8-12(13)16(20)21/h2-9,19H,18H2,1H3/b15-9+. The largest absolute Gasteiger partial charge is 0.399 e. The second-order valence-corrected chi connectivity index (χ2v) is 4.85. The van der Waals surface area contributed by atoms with Gasteiger partial charge in [0.2, 0.25) is 0 Å². The van der Waals surface area contributed by atoms with E-state index in [1.54, 1.807) is 30.3 Å². The third kappa shape index (κ3) is 2.12. The van der Waals surface area contributed by atoms with Crippen LogP contribution in [-0.4, -0.2) is 5.91 Å². The molecule has 0 saturated heterocycles. The van der Waals surface area contributed by atoms with Gasteiger partial charge in [0.05, 0.1) is 16.9 Å². The van der Waals surface area contributed by atoms with Crippen molar-refractivity contribution >= 4 is 23.0 Å². The van der Waals surface area contributed by atoms with Crippen molar-refractivity contribution in [3.05, 3.63) is 65.7 Å². The lowest BCUT2D eigenvalue weighted by Crippen LogP contribution is -2.38. The first-order chi connectivity index (χ1) is 10.1. The number of aryl methyl sites for hydroxylation is 1. The van der Waals surface area contributed by atoms with Crippen molar-refractivity contribution < 1.29 is 9.18 Å². The number of nitrogens with one attached hydrogen (secondary N) is 1. The Bertz CT molecular complexity index is 755. The third-order valence-corrected chi connectivity index (χ3v) is 3.44. The average Bonchev–Trinajstić information content (AvgIpc) is 2.49. The van der Waals surface area contributed by atoms with Gasteiger partial charge in [-0.25, -0.2) is 4.39 Å². The molecule has 0 aliphatic carbocycles. The zero-order valence-electron chi connectivity index (χ0n) is 11.4. The minimum atomic E-state index is -0.311. The molecular weight excluding hydrogens is 269 g/mol. The minimum absolute atomic E-state index is 0.0894. The van der Waals surface area contributed by atoms with Gasteiger partial charge in [-0.05, 0) is 36.8 Å². The van der Waals surface area contributed by atoms with E-state index in [1.165, 1.54) is 4.90 Å². The average molecular weight is 283 g/mol. The molecular formula is C16H14FN3O. The van der Waals surface area contributed by atoms with Gasteiger partial charge in [-0.15, -0.1) is 0 Å². The van der Waals surface area contributed by atoms with Gasteiger partial charge in [0.25, 0.3) is 5.91 Å². The molecule has 0 fully saturated rings. The number of nitrogen functional groups attached to an aromatic ring is 1. The molecule has 1 aliphatic heterocycles. The molecule has 0 unspecified atom stereocenters. The second kappa shape index (κ2) is 4.94. The Morgan fingerprint density at radius 2 is 2.00 bits per heavy atom. The maximum atomic E-state index is 13.2. The molecule has 1 heterocycles. The molecule has 3 N–H and O–H groups in total. The zero-order valence-corrected chi connectivity index (χ0v) is 11.4. The molecule has 1 aliphatic rings. The first-order valence-electron chi connectivity index (χ1n) is 6.49. The van der Waals surface area contributed by atoms with Gasteiger partial charge in [-0.2, -0.15) is 0 Å². The highest BCUT2D eigenvalue weighted by Gasteiger charge is 2.30. The van der Waals surface area contributed by atoms with Gasteiger partial charge >= 0.3 is 0 Å². The van der Waals surface area contributed by atoms with E-state index >= 15 is 0 Å². The highest BCUT2D eigenvalue weighted by molar-refractivity contribution is 6.14. The van der Waals surface area contributed by atoms with Crippen LogP contribution in [0.2, 0.25) is 0 Å². The van der Waals surface area contributed by atoms with Crippen molar-refractivity contribution in [3.8, 4) is 0 Å². The maximum absolute atomic E-state index is 13.2. The molecule has 0 aromatic heterocycles. The Morgan fingerprint density at radius 1 is 1.24 bits per heavy atom. The maximum Gasteiger partial charge on any atom is 0.266 e. The van der Waals surface area contributed by atoms with Gasteiger partial charge in [0, 0.05) is 5.69 Å². The zero-order chi connectivity index (χ0) is 15.0. The lowest BCUT2D eigenvalue weighted by Gasteiger charge is -2.32. The van der Waals surface area contributed by atoms with E-state index in [9.17, 15) is 9.18 Å². The minimum Gasteiger partial charge on any atom is -0.399 e. The van der Waals surface area contributed by atoms with Crippen molar-refractivity contribution in [1.29, 1.82) is 0 Å². The SMILES string of the molecule is Cc1ccccc1N1C(=O)c2cc(N)ccc2N/C1=C\F. The Hall–Kier alpha value is -2.82. The number of anilines is 3. The van der Waals surface area contributed by atoms with E-state index in [0.717, 1.165) is 5.56 Å². The number of halogens is 1. The predicted octanol–water partition coefficient (Wildman–Crippen LogP) is 3.42. The van der Waals surface area contributed by atoms with E-state index in [0.29, 0.717) is 29.0 Å². The molecule has 5 heteroatoms. The lowest BCUT2D eigenvalue weighted by atomic mass is 10.1. The summed E-state index contributed by atoms with van der Waals surface area (Å²) in [7, 11) is 0. The Balaban J connectivity index is 2.17.